The van der Waals surface area contributed by atoms with E-state index in [1.54, 1.807) is 6.07 Å². The fourth-order valence-corrected chi connectivity index (χ4v) is 2.77. The number of hydrogen-bond acceptors (Lipinski definition) is 6. The Hall–Kier alpha value is -1.02. The molecule has 1 saturated heterocycles. The number of thiophene rings is 1. The Bertz CT molecular complexity index is 405. The van der Waals surface area contributed by atoms with Crippen LogP contribution in [0.1, 0.15) is 12.0 Å². The molecule has 0 radical (unpaired) electrons. The topological polar surface area (TPSA) is 67.6 Å². The third-order valence-corrected chi connectivity index (χ3v) is 4.01. The highest BCUT2D eigenvalue weighted by atomic mass is 32.1. The average Bonchev–Trinajstić information content (AvgIpc) is 2.89. The fraction of sp³-hybridized carbons (Fsp3) is 0.667. The summed E-state index contributed by atoms with van der Waals surface area (Å²) in [6.07, 6.45) is 1.09. The standard InChI is InChI=1S/C12H19N3O3S/c16-15(17)12-8-11(10-19-12)9-13-2-1-3-14-4-6-18-7-5-14/h8,10,13H,1-7,9H2. The predicted octanol–water partition coefficient (Wildman–Crippen LogP) is 1.47. The molecule has 2 rings (SSSR count). The first kappa shape index (κ1) is 14.4. The zero-order valence-corrected chi connectivity index (χ0v) is 11.7. The van der Waals surface area contributed by atoms with Crippen molar-refractivity contribution < 1.29 is 9.66 Å². The van der Waals surface area contributed by atoms with Gasteiger partial charge in [0.05, 0.1) is 18.1 Å². The van der Waals surface area contributed by atoms with Crippen LogP contribution in [0, 0.1) is 10.1 Å². The summed E-state index contributed by atoms with van der Waals surface area (Å²) in [7, 11) is 0. The zero-order valence-electron chi connectivity index (χ0n) is 10.8. The molecular formula is C12H19N3O3S. The highest BCUT2D eigenvalue weighted by Gasteiger charge is 2.10. The minimum absolute atomic E-state index is 0.213. The Kier molecular flexibility index (Phi) is 5.71. The van der Waals surface area contributed by atoms with Gasteiger partial charge in [-0.3, -0.25) is 15.0 Å². The molecule has 0 amide bonds. The summed E-state index contributed by atoms with van der Waals surface area (Å²) in [6.45, 7) is 6.44. The lowest BCUT2D eigenvalue weighted by Gasteiger charge is -2.26. The normalized spacial score (nSPS) is 16.6. The van der Waals surface area contributed by atoms with Crippen molar-refractivity contribution in [1.29, 1.82) is 0 Å². The van der Waals surface area contributed by atoms with Gasteiger partial charge in [0.15, 0.2) is 0 Å². The third kappa shape index (κ3) is 4.87. The first-order chi connectivity index (χ1) is 9.25. The van der Waals surface area contributed by atoms with E-state index in [0.29, 0.717) is 6.54 Å². The minimum Gasteiger partial charge on any atom is -0.379 e. The van der Waals surface area contributed by atoms with Crippen LogP contribution in [0.15, 0.2) is 11.4 Å². The van der Waals surface area contributed by atoms with Gasteiger partial charge in [-0.05, 0) is 25.1 Å². The Morgan fingerprint density at radius 1 is 1.47 bits per heavy atom. The quantitative estimate of drug-likeness (QED) is 0.467. The van der Waals surface area contributed by atoms with E-state index in [-0.39, 0.29) is 9.92 Å². The van der Waals surface area contributed by atoms with Crippen LogP contribution in [-0.4, -0.2) is 49.2 Å². The van der Waals surface area contributed by atoms with Crippen molar-refractivity contribution >= 4 is 16.3 Å². The number of nitro groups is 1. The van der Waals surface area contributed by atoms with E-state index in [2.05, 4.69) is 10.2 Å². The molecule has 0 unspecified atom stereocenters. The number of hydrogen-bond donors (Lipinski definition) is 1. The van der Waals surface area contributed by atoms with Crippen molar-refractivity contribution in [3.63, 3.8) is 0 Å². The van der Waals surface area contributed by atoms with Gasteiger partial charge in [0.25, 0.3) is 0 Å². The van der Waals surface area contributed by atoms with Crippen LogP contribution in [0.5, 0.6) is 0 Å². The second-order valence-electron chi connectivity index (χ2n) is 4.53. The number of morpholine rings is 1. The minimum atomic E-state index is -0.341. The maximum atomic E-state index is 10.5. The lowest BCUT2D eigenvalue weighted by molar-refractivity contribution is -0.380. The van der Waals surface area contributed by atoms with E-state index in [9.17, 15) is 10.1 Å². The van der Waals surface area contributed by atoms with E-state index >= 15 is 0 Å². The summed E-state index contributed by atoms with van der Waals surface area (Å²) in [5, 5.41) is 15.9. The van der Waals surface area contributed by atoms with Gasteiger partial charge in [-0.15, -0.1) is 0 Å². The van der Waals surface area contributed by atoms with Crippen molar-refractivity contribution in [2.45, 2.75) is 13.0 Å². The first-order valence-electron chi connectivity index (χ1n) is 6.48. The zero-order chi connectivity index (χ0) is 13.5. The van der Waals surface area contributed by atoms with Gasteiger partial charge in [-0.25, -0.2) is 0 Å². The molecule has 0 saturated carbocycles. The van der Waals surface area contributed by atoms with Gasteiger partial charge >= 0.3 is 5.00 Å². The van der Waals surface area contributed by atoms with Crippen LogP contribution in [0.3, 0.4) is 0 Å². The molecule has 1 aliphatic rings. The summed E-state index contributed by atoms with van der Waals surface area (Å²) in [5.74, 6) is 0. The van der Waals surface area contributed by atoms with Crippen LogP contribution in [0.2, 0.25) is 0 Å². The molecule has 1 N–H and O–H groups in total. The molecule has 6 nitrogen and oxygen atoms in total. The second-order valence-corrected chi connectivity index (χ2v) is 5.42. The molecule has 19 heavy (non-hydrogen) atoms. The summed E-state index contributed by atoms with van der Waals surface area (Å²) in [6, 6.07) is 1.64. The predicted molar refractivity (Wildman–Crippen MR) is 74.6 cm³/mol. The van der Waals surface area contributed by atoms with Gasteiger partial charge in [0.2, 0.25) is 0 Å². The van der Waals surface area contributed by atoms with E-state index in [1.165, 1.54) is 11.3 Å². The monoisotopic (exact) mass is 285 g/mol. The molecule has 0 spiro atoms. The molecule has 7 heteroatoms. The SMILES string of the molecule is O=[N+]([O-])c1cc(CNCCCN2CCOCC2)cs1. The lowest BCUT2D eigenvalue weighted by Crippen LogP contribution is -2.37. The highest BCUT2D eigenvalue weighted by molar-refractivity contribution is 7.13. The second kappa shape index (κ2) is 7.54. The maximum absolute atomic E-state index is 10.5. The fourth-order valence-electron chi connectivity index (χ4n) is 2.04. The van der Waals surface area contributed by atoms with Crippen LogP contribution in [-0.2, 0) is 11.3 Å². The Labute approximate surface area is 116 Å². The molecular weight excluding hydrogens is 266 g/mol. The van der Waals surface area contributed by atoms with Crippen LogP contribution >= 0.6 is 11.3 Å². The van der Waals surface area contributed by atoms with Gasteiger partial charge < -0.3 is 10.1 Å². The van der Waals surface area contributed by atoms with Crippen LogP contribution < -0.4 is 5.32 Å². The van der Waals surface area contributed by atoms with E-state index < -0.39 is 0 Å². The van der Waals surface area contributed by atoms with Crippen molar-refractivity contribution in [3.05, 3.63) is 27.1 Å². The van der Waals surface area contributed by atoms with E-state index in [1.807, 2.05) is 5.38 Å². The molecule has 1 aliphatic heterocycles. The van der Waals surface area contributed by atoms with Crippen molar-refractivity contribution in [1.82, 2.24) is 10.2 Å². The number of nitrogens with one attached hydrogen (secondary N) is 1. The molecule has 0 atom stereocenters. The van der Waals surface area contributed by atoms with Crippen molar-refractivity contribution in [2.75, 3.05) is 39.4 Å². The molecule has 2 heterocycles. The van der Waals surface area contributed by atoms with Crippen molar-refractivity contribution in [3.8, 4) is 0 Å². The van der Waals surface area contributed by atoms with Crippen LogP contribution in [0.25, 0.3) is 0 Å². The number of rotatable bonds is 7. The molecule has 1 aromatic rings. The van der Waals surface area contributed by atoms with Crippen LogP contribution in [0.4, 0.5) is 5.00 Å². The number of nitrogens with zero attached hydrogens (tertiary/aromatic N) is 2. The Morgan fingerprint density at radius 3 is 2.95 bits per heavy atom. The third-order valence-electron chi connectivity index (χ3n) is 3.08. The smallest absolute Gasteiger partial charge is 0.324 e. The molecule has 1 fully saturated rings. The Balaban J connectivity index is 1.57. The maximum Gasteiger partial charge on any atom is 0.324 e. The van der Waals surface area contributed by atoms with Gasteiger partial charge in [-0.2, -0.15) is 0 Å². The molecule has 0 aromatic carbocycles. The lowest BCUT2D eigenvalue weighted by atomic mass is 10.3. The Morgan fingerprint density at radius 2 is 2.26 bits per heavy atom. The number of ether oxygens (including phenoxy) is 1. The van der Waals surface area contributed by atoms with Gasteiger partial charge in [0.1, 0.15) is 0 Å². The van der Waals surface area contributed by atoms with Gasteiger partial charge in [0, 0.05) is 31.1 Å². The molecule has 0 bridgehead atoms. The van der Waals surface area contributed by atoms with Crippen molar-refractivity contribution in [2.24, 2.45) is 0 Å². The average molecular weight is 285 g/mol. The van der Waals surface area contributed by atoms with E-state index in [0.717, 1.165) is 51.4 Å². The summed E-state index contributed by atoms with van der Waals surface area (Å²) < 4.78 is 5.30. The molecule has 0 aliphatic carbocycles. The largest absolute Gasteiger partial charge is 0.379 e. The van der Waals surface area contributed by atoms with E-state index in [4.69, 9.17) is 4.74 Å². The summed E-state index contributed by atoms with van der Waals surface area (Å²) >= 11 is 1.18. The molecule has 1 aromatic heterocycles. The summed E-state index contributed by atoms with van der Waals surface area (Å²) in [5.41, 5.74) is 0.989. The van der Waals surface area contributed by atoms with Gasteiger partial charge in [-0.1, -0.05) is 11.3 Å². The highest BCUT2D eigenvalue weighted by Crippen LogP contribution is 2.22. The first-order valence-corrected chi connectivity index (χ1v) is 7.36. The molecule has 106 valence electrons. The summed E-state index contributed by atoms with van der Waals surface area (Å²) in [4.78, 5) is 12.6.